The van der Waals surface area contributed by atoms with Crippen molar-refractivity contribution in [3.05, 3.63) is 42.0 Å². The highest BCUT2D eigenvalue weighted by atomic mass is 16.5. The molecule has 0 N–H and O–H groups in total. The molecule has 5 heteroatoms. The van der Waals surface area contributed by atoms with Gasteiger partial charge in [-0.05, 0) is 12.1 Å². The lowest BCUT2D eigenvalue weighted by atomic mass is 10.1. The molecule has 2 aromatic rings. The van der Waals surface area contributed by atoms with Crippen molar-refractivity contribution in [2.24, 2.45) is 7.05 Å². The lowest BCUT2D eigenvalue weighted by Gasteiger charge is -2.11. The van der Waals surface area contributed by atoms with Gasteiger partial charge in [0.05, 0.1) is 26.2 Å². The minimum Gasteiger partial charge on any atom is -0.493 e. The highest BCUT2D eigenvalue weighted by Gasteiger charge is 2.17. The van der Waals surface area contributed by atoms with Crippen molar-refractivity contribution in [2.45, 2.75) is 6.42 Å². The predicted octanol–water partition coefficient (Wildman–Crippen LogP) is 1.86. The summed E-state index contributed by atoms with van der Waals surface area (Å²) in [6, 6.07) is 5.26. The number of aryl methyl sites for hydroxylation is 1. The summed E-state index contributed by atoms with van der Waals surface area (Å²) in [6.07, 6.45) is 3.71. The van der Waals surface area contributed by atoms with Crippen molar-refractivity contribution in [3.8, 4) is 11.5 Å². The highest BCUT2D eigenvalue weighted by Crippen LogP contribution is 2.31. The van der Waals surface area contributed by atoms with Crippen molar-refractivity contribution in [1.82, 2.24) is 9.55 Å². The van der Waals surface area contributed by atoms with E-state index in [4.69, 9.17) is 9.47 Å². The van der Waals surface area contributed by atoms with Gasteiger partial charge in [-0.15, -0.1) is 0 Å². The van der Waals surface area contributed by atoms with Crippen molar-refractivity contribution in [3.63, 3.8) is 0 Å². The van der Waals surface area contributed by atoms with Crippen LogP contribution in [0.3, 0.4) is 0 Å². The summed E-state index contributed by atoms with van der Waals surface area (Å²) < 4.78 is 12.3. The third kappa shape index (κ3) is 2.59. The van der Waals surface area contributed by atoms with Crippen molar-refractivity contribution in [2.75, 3.05) is 14.2 Å². The number of hydrogen-bond acceptors (Lipinski definition) is 4. The van der Waals surface area contributed by atoms with Gasteiger partial charge in [-0.2, -0.15) is 0 Å². The van der Waals surface area contributed by atoms with E-state index in [1.54, 1.807) is 31.5 Å². The normalized spacial score (nSPS) is 10.3. The molecule has 0 atom stereocenters. The minimum absolute atomic E-state index is 0.0509. The van der Waals surface area contributed by atoms with Gasteiger partial charge in [0.15, 0.2) is 17.3 Å². The number of aromatic nitrogens is 2. The van der Waals surface area contributed by atoms with Crippen LogP contribution in [0.25, 0.3) is 0 Å². The molecule has 5 nitrogen and oxygen atoms in total. The molecule has 0 aliphatic rings. The second-order valence-corrected chi connectivity index (χ2v) is 4.10. The minimum atomic E-state index is -0.0509. The third-order valence-corrected chi connectivity index (χ3v) is 2.94. The largest absolute Gasteiger partial charge is 0.493 e. The number of methoxy groups -OCH3 is 2. The zero-order chi connectivity index (χ0) is 13.8. The van der Waals surface area contributed by atoms with Crippen molar-refractivity contribution in [1.29, 1.82) is 0 Å². The zero-order valence-corrected chi connectivity index (χ0v) is 11.2. The van der Waals surface area contributed by atoms with Crippen molar-refractivity contribution >= 4 is 5.78 Å². The smallest absolute Gasteiger partial charge is 0.174 e. The molecule has 0 saturated carbocycles. The Morgan fingerprint density at radius 3 is 2.68 bits per heavy atom. The van der Waals surface area contributed by atoms with Crippen LogP contribution in [-0.2, 0) is 13.5 Å². The van der Waals surface area contributed by atoms with E-state index in [0.717, 1.165) is 5.82 Å². The van der Waals surface area contributed by atoms with Crippen LogP contribution in [0.5, 0.6) is 11.5 Å². The Balaban J connectivity index is 2.31. The maximum atomic E-state index is 12.3. The standard InChI is InChI=1S/C14H16N2O3/c1-16-8-7-15-13(16)9-11(17)10-5-4-6-12(18-2)14(10)19-3/h4-8H,9H2,1-3H3. The summed E-state index contributed by atoms with van der Waals surface area (Å²) in [5.41, 5.74) is 0.504. The van der Waals surface area contributed by atoms with Gasteiger partial charge < -0.3 is 14.0 Å². The Kier molecular flexibility index (Phi) is 3.85. The summed E-state index contributed by atoms with van der Waals surface area (Å²) in [6.45, 7) is 0. The summed E-state index contributed by atoms with van der Waals surface area (Å²) >= 11 is 0. The average molecular weight is 260 g/mol. The Hall–Kier alpha value is -2.30. The molecule has 19 heavy (non-hydrogen) atoms. The van der Waals surface area contributed by atoms with E-state index in [1.165, 1.54) is 7.11 Å². The Morgan fingerprint density at radius 2 is 2.11 bits per heavy atom. The monoisotopic (exact) mass is 260 g/mol. The molecule has 0 saturated heterocycles. The summed E-state index contributed by atoms with van der Waals surface area (Å²) in [5.74, 6) is 1.68. The van der Waals surface area contributed by atoms with Crippen LogP contribution in [-0.4, -0.2) is 29.6 Å². The van der Waals surface area contributed by atoms with Crippen LogP contribution in [0, 0.1) is 0 Å². The number of rotatable bonds is 5. The molecule has 1 aromatic heterocycles. The van der Waals surface area contributed by atoms with Crippen LogP contribution in [0.4, 0.5) is 0 Å². The number of ether oxygens (including phenoxy) is 2. The Labute approximate surface area is 111 Å². The molecule has 0 fully saturated rings. The molecule has 0 spiro atoms. The highest BCUT2D eigenvalue weighted by molar-refractivity contribution is 6.00. The molecular formula is C14H16N2O3. The quantitative estimate of drug-likeness (QED) is 0.770. The maximum Gasteiger partial charge on any atom is 0.174 e. The number of nitrogens with zero attached hydrogens (tertiary/aromatic N) is 2. The molecule has 100 valence electrons. The molecule has 2 rings (SSSR count). The number of benzene rings is 1. The van der Waals surface area contributed by atoms with Crippen LogP contribution < -0.4 is 9.47 Å². The van der Waals surface area contributed by atoms with E-state index < -0.39 is 0 Å². The van der Waals surface area contributed by atoms with E-state index in [2.05, 4.69) is 4.98 Å². The maximum absolute atomic E-state index is 12.3. The Bertz CT molecular complexity index is 590. The molecule has 0 aliphatic heterocycles. The first-order valence-corrected chi connectivity index (χ1v) is 5.87. The molecule has 1 heterocycles. The topological polar surface area (TPSA) is 53.3 Å². The first kappa shape index (κ1) is 13.1. The van der Waals surface area contributed by atoms with Gasteiger partial charge >= 0.3 is 0 Å². The first-order valence-electron chi connectivity index (χ1n) is 5.87. The molecule has 0 radical (unpaired) electrons. The molecular weight excluding hydrogens is 244 g/mol. The molecule has 1 aromatic carbocycles. The van der Waals surface area contributed by atoms with Gasteiger partial charge in [-0.25, -0.2) is 4.98 Å². The summed E-state index contributed by atoms with van der Waals surface area (Å²) in [5, 5.41) is 0. The number of carbonyl (C=O) groups excluding carboxylic acids is 1. The number of hydrogen-bond donors (Lipinski definition) is 0. The molecule has 0 aliphatic carbocycles. The number of ketones is 1. The van der Waals surface area contributed by atoms with Crippen LogP contribution in [0.1, 0.15) is 16.2 Å². The second-order valence-electron chi connectivity index (χ2n) is 4.10. The predicted molar refractivity (Wildman–Crippen MR) is 70.8 cm³/mol. The van der Waals surface area contributed by atoms with Crippen LogP contribution >= 0.6 is 0 Å². The summed E-state index contributed by atoms with van der Waals surface area (Å²) in [7, 11) is 4.93. The number of carbonyl (C=O) groups is 1. The first-order chi connectivity index (χ1) is 9.17. The van der Waals surface area contributed by atoms with E-state index in [-0.39, 0.29) is 12.2 Å². The lowest BCUT2D eigenvalue weighted by molar-refractivity contribution is 0.0986. The molecule has 0 unspecified atom stereocenters. The second kappa shape index (κ2) is 5.56. The number of Topliss-reactive ketones (excluding diaryl/α,β-unsaturated/α-hetero) is 1. The van der Waals surface area contributed by atoms with E-state index in [1.807, 2.05) is 17.8 Å². The number of imidazole rings is 1. The van der Waals surface area contributed by atoms with Crippen molar-refractivity contribution < 1.29 is 14.3 Å². The van der Waals surface area contributed by atoms with Gasteiger partial charge in [0.2, 0.25) is 0 Å². The Morgan fingerprint density at radius 1 is 1.32 bits per heavy atom. The average Bonchev–Trinajstić information content (AvgIpc) is 2.83. The van der Waals surface area contributed by atoms with Gasteiger partial charge in [-0.3, -0.25) is 4.79 Å². The van der Waals surface area contributed by atoms with Gasteiger partial charge in [0.1, 0.15) is 5.82 Å². The molecule has 0 amide bonds. The van der Waals surface area contributed by atoms with Crippen LogP contribution in [0.15, 0.2) is 30.6 Å². The fraction of sp³-hybridized carbons (Fsp3) is 0.286. The fourth-order valence-electron chi connectivity index (χ4n) is 1.91. The third-order valence-electron chi connectivity index (χ3n) is 2.94. The SMILES string of the molecule is COc1cccc(C(=O)Cc2nccn2C)c1OC. The fourth-order valence-corrected chi connectivity index (χ4v) is 1.91. The van der Waals surface area contributed by atoms with Gasteiger partial charge in [0.25, 0.3) is 0 Å². The van der Waals surface area contributed by atoms with E-state index in [0.29, 0.717) is 17.1 Å². The van der Waals surface area contributed by atoms with E-state index >= 15 is 0 Å². The summed E-state index contributed by atoms with van der Waals surface area (Å²) in [4.78, 5) is 16.5. The van der Waals surface area contributed by atoms with Gasteiger partial charge in [-0.1, -0.05) is 6.07 Å². The van der Waals surface area contributed by atoms with Crippen LogP contribution in [0.2, 0.25) is 0 Å². The van der Waals surface area contributed by atoms with Gasteiger partial charge in [0, 0.05) is 19.4 Å². The zero-order valence-electron chi connectivity index (χ0n) is 11.2. The number of para-hydroxylation sites is 1. The molecule has 0 bridgehead atoms. The van der Waals surface area contributed by atoms with E-state index in [9.17, 15) is 4.79 Å². The lowest BCUT2D eigenvalue weighted by Crippen LogP contribution is -2.10.